The molecule has 2 rings (SSSR count). The number of likely N-dealkylation sites (tertiary alicyclic amines) is 1. The van der Waals surface area contributed by atoms with Crippen LogP contribution in [0.1, 0.15) is 13.3 Å². The van der Waals surface area contributed by atoms with Crippen molar-refractivity contribution in [1.82, 2.24) is 4.90 Å². The molecule has 1 aromatic rings. The maximum atomic E-state index is 13.6. The number of para-hydroxylation sites is 1. The Morgan fingerprint density at radius 1 is 1.53 bits per heavy atom. The molecule has 0 radical (unpaired) electrons. The molecule has 1 aromatic carbocycles. The van der Waals surface area contributed by atoms with Crippen LogP contribution in [-0.2, 0) is 0 Å². The Balaban J connectivity index is 2.19. The zero-order valence-electron chi connectivity index (χ0n) is 10.4. The number of rotatable bonds is 3. The van der Waals surface area contributed by atoms with Crippen LogP contribution in [0, 0.1) is 5.82 Å². The first-order valence-corrected chi connectivity index (χ1v) is 5.99. The quantitative estimate of drug-likeness (QED) is 0.840. The van der Waals surface area contributed by atoms with E-state index < -0.39 is 0 Å². The average Bonchev–Trinajstić information content (AvgIpc) is 2.59. The summed E-state index contributed by atoms with van der Waals surface area (Å²) in [6, 6.07) is 7.22. The highest BCUT2D eigenvalue weighted by molar-refractivity contribution is 5.47. The number of benzene rings is 1. The molecule has 0 spiro atoms. The average molecular weight is 237 g/mol. The Kier molecular flexibility index (Phi) is 3.35. The molecular weight excluding hydrogens is 217 g/mol. The van der Waals surface area contributed by atoms with Crippen molar-refractivity contribution < 1.29 is 4.39 Å². The first-order chi connectivity index (χ1) is 8.06. The van der Waals surface area contributed by atoms with Gasteiger partial charge in [-0.25, -0.2) is 4.39 Å². The summed E-state index contributed by atoms with van der Waals surface area (Å²) in [6.07, 6.45) is 0.939. The Morgan fingerprint density at radius 2 is 2.24 bits per heavy atom. The lowest BCUT2D eigenvalue weighted by atomic mass is 9.96. The van der Waals surface area contributed by atoms with Gasteiger partial charge in [-0.3, -0.25) is 0 Å². The minimum Gasteiger partial charge on any atom is -0.375 e. The van der Waals surface area contributed by atoms with E-state index in [1.54, 1.807) is 12.1 Å². The summed E-state index contributed by atoms with van der Waals surface area (Å²) in [6.45, 7) is 3.52. The summed E-state index contributed by atoms with van der Waals surface area (Å²) in [5, 5.41) is 3.29. The highest BCUT2D eigenvalue weighted by Gasteiger charge is 2.39. The van der Waals surface area contributed by atoms with Crippen molar-refractivity contribution in [2.45, 2.75) is 24.9 Å². The Hall–Kier alpha value is -1.13. The summed E-state index contributed by atoms with van der Waals surface area (Å²) >= 11 is 0. The van der Waals surface area contributed by atoms with E-state index >= 15 is 0 Å². The minimum atomic E-state index is -0.220. The number of anilines is 1. The summed E-state index contributed by atoms with van der Waals surface area (Å²) in [5.74, 6) is -0.220. The van der Waals surface area contributed by atoms with Crippen LogP contribution in [-0.4, -0.2) is 36.6 Å². The molecule has 94 valence electrons. The molecule has 0 aromatic heterocycles. The normalized spacial score (nSPS) is 29.5. The minimum absolute atomic E-state index is 0.212. The lowest BCUT2D eigenvalue weighted by molar-refractivity contribution is 0.323. The van der Waals surface area contributed by atoms with Gasteiger partial charge < -0.3 is 16.0 Å². The summed E-state index contributed by atoms with van der Waals surface area (Å²) in [5.41, 5.74) is 6.21. The smallest absolute Gasteiger partial charge is 0.146 e. The monoisotopic (exact) mass is 237 g/mol. The highest BCUT2D eigenvalue weighted by Crippen LogP contribution is 2.29. The van der Waals surface area contributed by atoms with Gasteiger partial charge in [0.25, 0.3) is 0 Å². The Morgan fingerprint density at radius 3 is 2.76 bits per heavy atom. The second kappa shape index (κ2) is 4.63. The number of hydrogen-bond donors (Lipinski definition) is 2. The van der Waals surface area contributed by atoms with Crippen molar-refractivity contribution in [2.24, 2.45) is 5.73 Å². The topological polar surface area (TPSA) is 41.3 Å². The van der Waals surface area contributed by atoms with E-state index in [1.807, 2.05) is 6.07 Å². The molecule has 3 N–H and O–H groups in total. The second-order valence-electron chi connectivity index (χ2n) is 5.06. The molecule has 0 aliphatic carbocycles. The zero-order chi connectivity index (χ0) is 12.5. The van der Waals surface area contributed by atoms with Crippen molar-refractivity contribution in [3.05, 3.63) is 30.1 Å². The van der Waals surface area contributed by atoms with Crippen molar-refractivity contribution in [1.29, 1.82) is 0 Å². The van der Waals surface area contributed by atoms with Crippen LogP contribution in [0.25, 0.3) is 0 Å². The van der Waals surface area contributed by atoms with Crippen LogP contribution in [0.5, 0.6) is 0 Å². The van der Waals surface area contributed by atoms with Crippen molar-refractivity contribution in [3.63, 3.8) is 0 Å². The van der Waals surface area contributed by atoms with E-state index in [4.69, 9.17) is 5.73 Å². The first-order valence-electron chi connectivity index (χ1n) is 5.99. The number of hydrogen-bond acceptors (Lipinski definition) is 3. The van der Waals surface area contributed by atoms with Crippen LogP contribution in [0.2, 0.25) is 0 Å². The molecular formula is C13H20FN3. The molecule has 4 heteroatoms. The van der Waals surface area contributed by atoms with E-state index in [0.717, 1.165) is 13.0 Å². The van der Waals surface area contributed by atoms with E-state index in [2.05, 4.69) is 24.2 Å². The first kappa shape index (κ1) is 12.3. The van der Waals surface area contributed by atoms with Crippen LogP contribution in [0.15, 0.2) is 24.3 Å². The third-order valence-corrected chi connectivity index (χ3v) is 3.66. The van der Waals surface area contributed by atoms with Gasteiger partial charge in [-0.05, 0) is 32.5 Å². The molecule has 2 atom stereocenters. The SMILES string of the molecule is CC1CC(CN)(Nc2ccccc2F)CN1C. The van der Waals surface area contributed by atoms with Gasteiger partial charge in [0, 0.05) is 19.1 Å². The van der Waals surface area contributed by atoms with Gasteiger partial charge in [0.15, 0.2) is 0 Å². The van der Waals surface area contributed by atoms with Gasteiger partial charge >= 0.3 is 0 Å². The van der Waals surface area contributed by atoms with Crippen LogP contribution in [0.3, 0.4) is 0 Å². The molecule has 1 fully saturated rings. The molecule has 1 aliphatic heterocycles. The number of nitrogens with two attached hydrogens (primary N) is 1. The lowest BCUT2D eigenvalue weighted by Gasteiger charge is -2.30. The van der Waals surface area contributed by atoms with Crippen LogP contribution < -0.4 is 11.1 Å². The van der Waals surface area contributed by atoms with Gasteiger partial charge in [-0.15, -0.1) is 0 Å². The van der Waals surface area contributed by atoms with Crippen LogP contribution in [0.4, 0.5) is 10.1 Å². The second-order valence-corrected chi connectivity index (χ2v) is 5.06. The number of halogens is 1. The molecule has 17 heavy (non-hydrogen) atoms. The number of likely N-dealkylation sites (N-methyl/N-ethyl adjacent to an activating group) is 1. The summed E-state index contributed by atoms with van der Waals surface area (Å²) < 4.78 is 13.6. The van der Waals surface area contributed by atoms with E-state index in [1.165, 1.54) is 6.07 Å². The number of nitrogens with zero attached hydrogens (tertiary/aromatic N) is 1. The molecule has 2 unspecified atom stereocenters. The summed E-state index contributed by atoms with van der Waals surface area (Å²) in [7, 11) is 2.07. The lowest BCUT2D eigenvalue weighted by Crippen LogP contribution is -2.47. The van der Waals surface area contributed by atoms with Crippen molar-refractivity contribution in [3.8, 4) is 0 Å². The molecule has 0 amide bonds. The molecule has 1 heterocycles. The summed E-state index contributed by atoms with van der Waals surface area (Å²) in [4.78, 5) is 2.25. The third-order valence-electron chi connectivity index (χ3n) is 3.66. The predicted molar refractivity (Wildman–Crippen MR) is 68.5 cm³/mol. The maximum absolute atomic E-state index is 13.6. The third kappa shape index (κ3) is 2.42. The Bertz CT molecular complexity index is 384. The van der Waals surface area contributed by atoms with Gasteiger partial charge in [0.05, 0.1) is 11.2 Å². The highest BCUT2D eigenvalue weighted by atomic mass is 19.1. The fourth-order valence-electron chi connectivity index (χ4n) is 2.56. The molecule has 3 nitrogen and oxygen atoms in total. The van der Waals surface area contributed by atoms with Crippen molar-refractivity contribution >= 4 is 5.69 Å². The van der Waals surface area contributed by atoms with Gasteiger partial charge in [0.2, 0.25) is 0 Å². The maximum Gasteiger partial charge on any atom is 0.146 e. The fraction of sp³-hybridized carbons (Fsp3) is 0.538. The molecule has 0 bridgehead atoms. The van der Waals surface area contributed by atoms with Crippen molar-refractivity contribution in [2.75, 3.05) is 25.5 Å². The molecule has 1 aliphatic rings. The zero-order valence-corrected chi connectivity index (χ0v) is 10.4. The van der Waals surface area contributed by atoms with Crippen LogP contribution >= 0.6 is 0 Å². The van der Waals surface area contributed by atoms with Gasteiger partial charge in [0.1, 0.15) is 5.82 Å². The standard InChI is InChI=1S/C13H20FN3/c1-10-7-13(8-15,9-17(10)2)16-12-6-4-3-5-11(12)14/h3-6,10,16H,7-9,15H2,1-2H3. The van der Waals surface area contributed by atoms with E-state index in [0.29, 0.717) is 18.3 Å². The fourth-order valence-corrected chi connectivity index (χ4v) is 2.56. The van der Waals surface area contributed by atoms with Gasteiger partial charge in [-0.2, -0.15) is 0 Å². The predicted octanol–water partition coefficient (Wildman–Crippen LogP) is 1.66. The van der Waals surface area contributed by atoms with E-state index in [-0.39, 0.29) is 11.4 Å². The Labute approximate surface area is 102 Å². The number of nitrogens with one attached hydrogen (secondary N) is 1. The largest absolute Gasteiger partial charge is 0.375 e. The van der Waals surface area contributed by atoms with E-state index in [9.17, 15) is 4.39 Å². The molecule has 0 saturated carbocycles. The molecule has 1 saturated heterocycles. The van der Waals surface area contributed by atoms with Gasteiger partial charge in [-0.1, -0.05) is 12.1 Å².